The predicted octanol–water partition coefficient (Wildman–Crippen LogP) is 2.02. The van der Waals surface area contributed by atoms with Crippen LogP contribution in [0.1, 0.15) is 6.92 Å². The lowest BCUT2D eigenvalue weighted by atomic mass is 10.2. The first kappa shape index (κ1) is 8.94. The SMILES string of the molecule is CC(C=Nc1ccccc1)CO. The van der Waals surface area contributed by atoms with Crippen LogP contribution in [0, 0.1) is 5.92 Å². The molecule has 0 saturated carbocycles. The van der Waals surface area contributed by atoms with E-state index in [1.165, 1.54) is 0 Å². The second-order valence-electron chi connectivity index (χ2n) is 2.77. The van der Waals surface area contributed by atoms with Gasteiger partial charge in [0.2, 0.25) is 0 Å². The molecule has 0 spiro atoms. The Morgan fingerprint density at radius 2 is 2.08 bits per heavy atom. The van der Waals surface area contributed by atoms with Gasteiger partial charge in [-0.2, -0.15) is 0 Å². The first-order chi connectivity index (χ1) is 5.83. The molecule has 0 aromatic heterocycles. The first-order valence-electron chi connectivity index (χ1n) is 4.03. The largest absolute Gasteiger partial charge is 0.396 e. The van der Waals surface area contributed by atoms with Crippen molar-refractivity contribution in [3.63, 3.8) is 0 Å². The second-order valence-corrected chi connectivity index (χ2v) is 2.77. The average molecular weight is 163 g/mol. The molecule has 0 aliphatic heterocycles. The number of aliphatic imine (C=N–C) groups is 1. The van der Waals surface area contributed by atoms with Crippen LogP contribution in [0.2, 0.25) is 0 Å². The molecule has 1 N–H and O–H groups in total. The molecule has 2 heteroatoms. The van der Waals surface area contributed by atoms with Gasteiger partial charge in [0.05, 0.1) is 12.3 Å². The molecular formula is C10H13NO. The molecule has 0 amide bonds. The maximum atomic E-state index is 8.72. The van der Waals surface area contributed by atoms with Gasteiger partial charge in [0.25, 0.3) is 0 Å². The van der Waals surface area contributed by atoms with E-state index in [4.69, 9.17) is 5.11 Å². The maximum Gasteiger partial charge on any atom is 0.0625 e. The molecule has 1 unspecified atom stereocenters. The Kier molecular flexibility index (Phi) is 3.48. The molecule has 0 fully saturated rings. The summed E-state index contributed by atoms with van der Waals surface area (Å²) in [7, 11) is 0. The van der Waals surface area contributed by atoms with Crippen molar-refractivity contribution < 1.29 is 5.11 Å². The number of nitrogens with zero attached hydrogens (tertiary/aromatic N) is 1. The number of hydrogen-bond acceptors (Lipinski definition) is 2. The van der Waals surface area contributed by atoms with Crippen molar-refractivity contribution in [3.8, 4) is 0 Å². The highest BCUT2D eigenvalue weighted by Gasteiger charge is 1.92. The summed E-state index contributed by atoms with van der Waals surface area (Å²) in [6, 6.07) is 9.70. The summed E-state index contributed by atoms with van der Waals surface area (Å²) in [6.45, 7) is 2.07. The van der Waals surface area contributed by atoms with Crippen molar-refractivity contribution in [2.24, 2.45) is 10.9 Å². The molecule has 64 valence electrons. The zero-order chi connectivity index (χ0) is 8.81. The van der Waals surface area contributed by atoms with Crippen LogP contribution < -0.4 is 0 Å². The highest BCUT2D eigenvalue weighted by atomic mass is 16.3. The lowest BCUT2D eigenvalue weighted by molar-refractivity contribution is 0.272. The summed E-state index contributed by atoms with van der Waals surface area (Å²) >= 11 is 0. The Morgan fingerprint density at radius 1 is 1.42 bits per heavy atom. The Morgan fingerprint density at radius 3 is 2.67 bits per heavy atom. The standard InChI is InChI=1S/C10H13NO/c1-9(8-12)7-11-10-5-3-2-4-6-10/h2-7,9,12H,8H2,1H3. The third-order valence-corrected chi connectivity index (χ3v) is 1.52. The van der Waals surface area contributed by atoms with E-state index >= 15 is 0 Å². The van der Waals surface area contributed by atoms with Gasteiger partial charge in [-0.1, -0.05) is 25.1 Å². The topological polar surface area (TPSA) is 32.6 Å². The molecule has 0 heterocycles. The number of benzene rings is 1. The summed E-state index contributed by atoms with van der Waals surface area (Å²) in [5.41, 5.74) is 0.929. The van der Waals surface area contributed by atoms with Crippen LogP contribution in [-0.2, 0) is 0 Å². The van der Waals surface area contributed by atoms with Gasteiger partial charge in [0.15, 0.2) is 0 Å². The van der Waals surface area contributed by atoms with Crippen LogP contribution in [0.3, 0.4) is 0 Å². The van der Waals surface area contributed by atoms with Gasteiger partial charge >= 0.3 is 0 Å². The van der Waals surface area contributed by atoms with Crippen molar-refractivity contribution in [2.45, 2.75) is 6.92 Å². The van der Waals surface area contributed by atoms with E-state index in [0.717, 1.165) is 5.69 Å². The van der Waals surface area contributed by atoms with Gasteiger partial charge in [0, 0.05) is 12.1 Å². The minimum Gasteiger partial charge on any atom is -0.396 e. The predicted molar refractivity (Wildman–Crippen MR) is 50.8 cm³/mol. The summed E-state index contributed by atoms with van der Waals surface area (Å²) in [4.78, 5) is 4.19. The quantitative estimate of drug-likeness (QED) is 0.679. The Bertz CT molecular complexity index is 243. The van der Waals surface area contributed by atoms with Crippen molar-refractivity contribution >= 4 is 11.9 Å². The molecule has 1 atom stereocenters. The number of hydrogen-bond donors (Lipinski definition) is 1. The van der Waals surface area contributed by atoms with E-state index in [1.54, 1.807) is 6.21 Å². The fourth-order valence-corrected chi connectivity index (χ4v) is 0.775. The lowest BCUT2D eigenvalue weighted by Gasteiger charge is -1.97. The van der Waals surface area contributed by atoms with E-state index in [-0.39, 0.29) is 12.5 Å². The summed E-state index contributed by atoms with van der Waals surface area (Å²) in [5.74, 6) is 0.130. The summed E-state index contributed by atoms with van der Waals surface area (Å²) in [6.07, 6.45) is 1.76. The maximum absolute atomic E-state index is 8.72. The highest BCUT2D eigenvalue weighted by molar-refractivity contribution is 5.65. The van der Waals surface area contributed by atoms with Crippen molar-refractivity contribution in [1.82, 2.24) is 0 Å². The van der Waals surface area contributed by atoms with Gasteiger partial charge in [-0.25, -0.2) is 0 Å². The van der Waals surface area contributed by atoms with Crippen LogP contribution in [0.25, 0.3) is 0 Å². The van der Waals surface area contributed by atoms with Crippen molar-refractivity contribution in [3.05, 3.63) is 30.3 Å². The van der Waals surface area contributed by atoms with Gasteiger partial charge in [0.1, 0.15) is 0 Å². The van der Waals surface area contributed by atoms with Gasteiger partial charge in [-0.05, 0) is 12.1 Å². The summed E-state index contributed by atoms with van der Waals surface area (Å²) in [5, 5.41) is 8.72. The summed E-state index contributed by atoms with van der Waals surface area (Å²) < 4.78 is 0. The smallest absolute Gasteiger partial charge is 0.0625 e. The van der Waals surface area contributed by atoms with E-state index in [2.05, 4.69) is 4.99 Å². The van der Waals surface area contributed by atoms with Crippen molar-refractivity contribution in [1.29, 1.82) is 0 Å². The number of aliphatic hydroxyl groups is 1. The van der Waals surface area contributed by atoms with E-state index in [9.17, 15) is 0 Å². The molecular weight excluding hydrogens is 150 g/mol. The molecule has 0 bridgehead atoms. The minimum absolute atomic E-state index is 0.130. The normalized spacial score (nSPS) is 13.5. The third kappa shape index (κ3) is 2.84. The Balaban J connectivity index is 2.58. The van der Waals surface area contributed by atoms with Crippen LogP contribution >= 0.6 is 0 Å². The van der Waals surface area contributed by atoms with Crippen LogP contribution in [-0.4, -0.2) is 17.9 Å². The fraction of sp³-hybridized carbons (Fsp3) is 0.300. The second kappa shape index (κ2) is 4.67. The van der Waals surface area contributed by atoms with E-state index < -0.39 is 0 Å². The number of para-hydroxylation sites is 1. The van der Waals surface area contributed by atoms with Gasteiger partial charge in [-0.3, -0.25) is 4.99 Å². The monoisotopic (exact) mass is 163 g/mol. The highest BCUT2D eigenvalue weighted by Crippen LogP contribution is 2.09. The third-order valence-electron chi connectivity index (χ3n) is 1.52. The molecule has 1 rings (SSSR count). The zero-order valence-electron chi connectivity index (χ0n) is 7.14. The molecule has 0 aliphatic carbocycles. The minimum atomic E-state index is 0.130. The van der Waals surface area contributed by atoms with E-state index in [0.29, 0.717) is 0 Å². The molecule has 0 saturated heterocycles. The first-order valence-corrected chi connectivity index (χ1v) is 4.03. The average Bonchev–Trinajstić information content (AvgIpc) is 2.16. The van der Waals surface area contributed by atoms with Gasteiger partial charge in [-0.15, -0.1) is 0 Å². The zero-order valence-corrected chi connectivity index (χ0v) is 7.14. The Labute approximate surface area is 72.6 Å². The Hall–Kier alpha value is -1.15. The molecule has 1 aromatic rings. The molecule has 1 aromatic carbocycles. The molecule has 12 heavy (non-hydrogen) atoms. The number of aliphatic hydroxyl groups excluding tert-OH is 1. The lowest BCUT2D eigenvalue weighted by Crippen LogP contribution is -2.00. The fourth-order valence-electron chi connectivity index (χ4n) is 0.775. The van der Waals surface area contributed by atoms with Crippen LogP contribution in [0.5, 0.6) is 0 Å². The molecule has 2 nitrogen and oxygen atoms in total. The van der Waals surface area contributed by atoms with Crippen LogP contribution in [0.4, 0.5) is 5.69 Å². The van der Waals surface area contributed by atoms with Crippen molar-refractivity contribution in [2.75, 3.05) is 6.61 Å². The molecule has 0 radical (unpaired) electrons. The number of rotatable bonds is 3. The van der Waals surface area contributed by atoms with Crippen LogP contribution in [0.15, 0.2) is 35.3 Å². The van der Waals surface area contributed by atoms with E-state index in [1.807, 2.05) is 37.3 Å². The molecule has 0 aliphatic rings. The van der Waals surface area contributed by atoms with Gasteiger partial charge < -0.3 is 5.11 Å².